The molecule has 120 valence electrons. The highest BCUT2D eigenvalue weighted by Crippen LogP contribution is 2.26. The Morgan fingerprint density at radius 3 is 2.83 bits per heavy atom. The summed E-state index contributed by atoms with van der Waals surface area (Å²) in [6.45, 7) is 0. The molecule has 0 radical (unpaired) electrons. The first kappa shape index (κ1) is 15.2. The Labute approximate surface area is 134 Å². The number of carbonyl (C=O) groups is 2. The summed E-state index contributed by atoms with van der Waals surface area (Å²) in [5, 5.41) is 5.62. The van der Waals surface area contributed by atoms with Gasteiger partial charge in [0, 0.05) is 31.7 Å². The molecular formula is C16H19N5O2. The van der Waals surface area contributed by atoms with E-state index in [2.05, 4.69) is 20.6 Å². The molecule has 2 unspecified atom stereocenters. The van der Waals surface area contributed by atoms with Crippen molar-refractivity contribution in [3.63, 3.8) is 0 Å². The predicted octanol–water partition coefficient (Wildman–Crippen LogP) is 0.912. The number of nitrogens with zero attached hydrogens (tertiary/aromatic N) is 3. The second-order valence-electron chi connectivity index (χ2n) is 5.61. The van der Waals surface area contributed by atoms with Crippen LogP contribution in [0.5, 0.6) is 0 Å². The lowest BCUT2D eigenvalue weighted by Crippen LogP contribution is -2.43. The number of hydrogen-bond donors (Lipinski definition) is 2. The van der Waals surface area contributed by atoms with Crippen molar-refractivity contribution in [1.29, 1.82) is 0 Å². The minimum Gasteiger partial charge on any atom is -0.359 e. The third-order valence-electron chi connectivity index (χ3n) is 4.19. The van der Waals surface area contributed by atoms with Gasteiger partial charge in [0.15, 0.2) is 0 Å². The van der Waals surface area contributed by atoms with E-state index < -0.39 is 0 Å². The van der Waals surface area contributed by atoms with E-state index >= 15 is 0 Å². The highest BCUT2D eigenvalue weighted by atomic mass is 16.2. The van der Waals surface area contributed by atoms with Gasteiger partial charge in [-0.25, -0.2) is 9.97 Å². The summed E-state index contributed by atoms with van der Waals surface area (Å²) >= 11 is 0. The lowest BCUT2D eigenvalue weighted by molar-refractivity contribution is -0.124. The topological polar surface area (TPSA) is 88.9 Å². The van der Waals surface area contributed by atoms with E-state index in [1.54, 1.807) is 42.5 Å². The molecule has 2 heterocycles. The third kappa shape index (κ3) is 3.23. The predicted molar refractivity (Wildman–Crippen MR) is 84.0 cm³/mol. The number of pyridine rings is 1. The normalized spacial score (nSPS) is 20.2. The van der Waals surface area contributed by atoms with Crippen LogP contribution in [-0.4, -0.2) is 39.4 Å². The number of hydrogen-bond acceptors (Lipinski definition) is 4. The van der Waals surface area contributed by atoms with Crippen LogP contribution in [0, 0.1) is 5.92 Å². The quantitative estimate of drug-likeness (QED) is 0.878. The van der Waals surface area contributed by atoms with Crippen LogP contribution in [0.2, 0.25) is 0 Å². The lowest BCUT2D eigenvalue weighted by Gasteiger charge is -2.19. The van der Waals surface area contributed by atoms with Crippen molar-refractivity contribution < 1.29 is 9.59 Å². The van der Waals surface area contributed by atoms with Gasteiger partial charge in [0.2, 0.25) is 5.91 Å². The maximum atomic E-state index is 12.4. The van der Waals surface area contributed by atoms with E-state index in [1.807, 2.05) is 0 Å². The van der Waals surface area contributed by atoms with Crippen LogP contribution in [0.25, 0.3) is 5.82 Å². The van der Waals surface area contributed by atoms with Crippen LogP contribution in [0.15, 0.2) is 37.1 Å². The van der Waals surface area contributed by atoms with Gasteiger partial charge in [-0.05, 0) is 25.0 Å². The zero-order valence-corrected chi connectivity index (χ0v) is 12.9. The van der Waals surface area contributed by atoms with Crippen molar-refractivity contribution in [2.24, 2.45) is 5.92 Å². The lowest BCUT2D eigenvalue weighted by atomic mass is 10.0. The van der Waals surface area contributed by atoms with E-state index in [1.165, 1.54) is 6.20 Å². The Balaban J connectivity index is 1.67. The average molecular weight is 313 g/mol. The largest absolute Gasteiger partial charge is 0.359 e. The number of carbonyl (C=O) groups excluding carboxylic acids is 2. The van der Waals surface area contributed by atoms with Crippen LogP contribution >= 0.6 is 0 Å². The van der Waals surface area contributed by atoms with E-state index in [9.17, 15) is 9.59 Å². The number of amides is 2. The molecule has 7 nitrogen and oxygen atoms in total. The first-order chi connectivity index (χ1) is 11.2. The summed E-state index contributed by atoms with van der Waals surface area (Å²) in [6.07, 6.45) is 9.21. The van der Waals surface area contributed by atoms with Gasteiger partial charge in [-0.1, -0.05) is 6.42 Å². The van der Waals surface area contributed by atoms with Gasteiger partial charge in [-0.3, -0.25) is 14.2 Å². The Hall–Kier alpha value is -2.70. The summed E-state index contributed by atoms with van der Waals surface area (Å²) in [5.74, 6) is 0.335. The Morgan fingerprint density at radius 2 is 2.17 bits per heavy atom. The summed E-state index contributed by atoms with van der Waals surface area (Å²) in [7, 11) is 1.62. The second kappa shape index (κ2) is 6.60. The minimum atomic E-state index is -0.199. The van der Waals surface area contributed by atoms with Gasteiger partial charge >= 0.3 is 0 Å². The summed E-state index contributed by atoms with van der Waals surface area (Å²) in [6, 6.07) is 3.37. The molecule has 2 aromatic rings. The molecule has 0 spiro atoms. The van der Waals surface area contributed by atoms with Gasteiger partial charge in [0.25, 0.3) is 5.91 Å². The first-order valence-corrected chi connectivity index (χ1v) is 7.66. The van der Waals surface area contributed by atoms with Crippen molar-refractivity contribution in [2.45, 2.75) is 25.3 Å². The van der Waals surface area contributed by atoms with Crippen LogP contribution < -0.4 is 10.6 Å². The molecule has 3 rings (SSSR count). The smallest absolute Gasteiger partial charge is 0.253 e. The minimum absolute atomic E-state index is 0.0126. The van der Waals surface area contributed by atoms with Gasteiger partial charge in [-0.15, -0.1) is 0 Å². The van der Waals surface area contributed by atoms with Crippen LogP contribution in [0.3, 0.4) is 0 Å². The number of imidazole rings is 1. The Morgan fingerprint density at radius 1 is 1.30 bits per heavy atom. The van der Waals surface area contributed by atoms with E-state index in [0.717, 1.165) is 19.3 Å². The fourth-order valence-electron chi connectivity index (χ4n) is 2.95. The molecule has 2 N–H and O–H groups in total. The molecule has 2 atom stereocenters. The molecule has 0 aliphatic heterocycles. The highest BCUT2D eigenvalue weighted by molar-refractivity contribution is 5.94. The van der Waals surface area contributed by atoms with E-state index in [0.29, 0.717) is 11.4 Å². The van der Waals surface area contributed by atoms with E-state index in [-0.39, 0.29) is 23.8 Å². The van der Waals surface area contributed by atoms with Crippen molar-refractivity contribution in [3.05, 3.63) is 42.6 Å². The molecule has 2 aromatic heterocycles. The molecule has 23 heavy (non-hydrogen) atoms. The molecule has 0 saturated heterocycles. The van der Waals surface area contributed by atoms with Gasteiger partial charge < -0.3 is 10.6 Å². The van der Waals surface area contributed by atoms with E-state index in [4.69, 9.17) is 0 Å². The van der Waals surface area contributed by atoms with Gasteiger partial charge in [0.05, 0.1) is 11.5 Å². The molecule has 0 bridgehead atoms. The molecule has 1 aliphatic carbocycles. The average Bonchev–Trinajstić information content (AvgIpc) is 3.26. The van der Waals surface area contributed by atoms with Crippen LogP contribution in [0.4, 0.5) is 0 Å². The third-order valence-corrected chi connectivity index (χ3v) is 4.19. The van der Waals surface area contributed by atoms with Crippen molar-refractivity contribution in [1.82, 2.24) is 25.2 Å². The number of nitrogens with one attached hydrogen (secondary N) is 2. The molecular weight excluding hydrogens is 294 g/mol. The molecule has 1 aliphatic rings. The monoisotopic (exact) mass is 313 g/mol. The fourth-order valence-corrected chi connectivity index (χ4v) is 2.95. The standard InChI is InChI=1S/C16H19N5O2/c1-17-16(23)12-3-2-4-13(12)20-15(22)11-5-6-14(19-9-11)21-8-7-18-10-21/h5-10,12-13H,2-4H2,1H3,(H,17,23)(H,20,22). The maximum Gasteiger partial charge on any atom is 0.253 e. The molecule has 1 saturated carbocycles. The molecule has 2 amide bonds. The summed E-state index contributed by atoms with van der Waals surface area (Å²) in [4.78, 5) is 32.4. The fraction of sp³-hybridized carbons (Fsp3) is 0.375. The van der Waals surface area contributed by atoms with Crippen molar-refractivity contribution in [2.75, 3.05) is 7.05 Å². The highest BCUT2D eigenvalue weighted by Gasteiger charge is 2.33. The summed E-state index contributed by atoms with van der Waals surface area (Å²) in [5.41, 5.74) is 0.483. The second-order valence-corrected chi connectivity index (χ2v) is 5.61. The Bertz CT molecular complexity index is 681. The number of aromatic nitrogens is 3. The molecule has 1 fully saturated rings. The van der Waals surface area contributed by atoms with Gasteiger partial charge in [-0.2, -0.15) is 0 Å². The zero-order valence-electron chi connectivity index (χ0n) is 12.9. The molecule has 0 aromatic carbocycles. The zero-order chi connectivity index (χ0) is 16.2. The number of rotatable bonds is 4. The maximum absolute atomic E-state index is 12.4. The van der Waals surface area contributed by atoms with Crippen molar-refractivity contribution in [3.8, 4) is 5.82 Å². The first-order valence-electron chi connectivity index (χ1n) is 7.66. The molecule has 7 heteroatoms. The summed E-state index contributed by atoms with van der Waals surface area (Å²) < 4.78 is 1.76. The SMILES string of the molecule is CNC(=O)C1CCCC1NC(=O)c1ccc(-n2ccnc2)nc1. The Kier molecular flexibility index (Phi) is 4.36. The van der Waals surface area contributed by atoms with Crippen LogP contribution in [-0.2, 0) is 4.79 Å². The van der Waals surface area contributed by atoms with Crippen molar-refractivity contribution >= 4 is 11.8 Å². The van der Waals surface area contributed by atoms with Gasteiger partial charge in [0.1, 0.15) is 12.1 Å². The van der Waals surface area contributed by atoms with Crippen LogP contribution in [0.1, 0.15) is 29.6 Å².